The molecule has 1 amide bonds. The number of nitrogens with zero attached hydrogens (tertiary/aromatic N) is 6. The predicted octanol–water partition coefficient (Wildman–Crippen LogP) is 2.62. The fraction of sp³-hybridized carbons (Fsp3) is 0.308. The lowest BCUT2D eigenvalue weighted by atomic mass is 10.2. The number of carbonyl (C=O) groups is 1. The number of carbonyl (C=O) groups excluding carboxylic acids is 1. The zero-order valence-electron chi connectivity index (χ0n) is 22.3. The van der Waals surface area contributed by atoms with Crippen molar-refractivity contribution >= 4 is 40.4 Å². The molecular formula is C26H34N10O2. The predicted molar refractivity (Wildman–Crippen MR) is 150 cm³/mol. The third kappa shape index (κ3) is 5.83. The molecular weight excluding hydrogens is 484 g/mol. The number of hydrazine groups is 1. The molecule has 0 saturated heterocycles. The van der Waals surface area contributed by atoms with E-state index in [2.05, 4.69) is 47.7 Å². The van der Waals surface area contributed by atoms with E-state index in [9.17, 15) is 4.79 Å². The average Bonchev–Trinajstić information content (AvgIpc) is 3.31. The van der Waals surface area contributed by atoms with Crippen molar-refractivity contribution in [3.8, 4) is 5.75 Å². The molecule has 12 nitrogen and oxygen atoms in total. The highest BCUT2D eigenvalue weighted by molar-refractivity contribution is 6.02. The molecule has 0 radical (unpaired) electrons. The van der Waals surface area contributed by atoms with Crippen molar-refractivity contribution in [3.63, 3.8) is 0 Å². The minimum atomic E-state index is -0.312. The van der Waals surface area contributed by atoms with Crippen molar-refractivity contribution < 1.29 is 9.53 Å². The van der Waals surface area contributed by atoms with Gasteiger partial charge in [0.1, 0.15) is 11.9 Å². The number of anilines is 6. The highest BCUT2D eigenvalue weighted by Gasteiger charge is 2.30. The van der Waals surface area contributed by atoms with E-state index in [1.54, 1.807) is 19.5 Å². The number of benzene rings is 1. The first-order valence-electron chi connectivity index (χ1n) is 12.1. The molecule has 12 heteroatoms. The number of nitrogens with one attached hydrogen (secondary N) is 4. The summed E-state index contributed by atoms with van der Waals surface area (Å²) in [4.78, 5) is 30.0. The molecule has 0 saturated carbocycles. The van der Waals surface area contributed by atoms with Crippen LogP contribution in [0, 0.1) is 0 Å². The molecule has 1 aliphatic rings. The minimum absolute atomic E-state index is 0.147. The molecule has 3 aromatic rings. The maximum absolute atomic E-state index is 12.2. The van der Waals surface area contributed by atoms with Gasteiger partial charge in [0.2, 0.25) is 11.9 Å². The van der Waals surface area contributed by atoms with Gasteiger partial charge in [0.05, 0.1) is 35.6 Å². The minimum Gasteiger partial charge on any atom is -0.494 e. The molecule has 2 aromatic heterocycles. The number of likely N-dealkylation sites (N-methyl/N-ethyl adjacent to an activating group) is 2. The number of rotatable bonds is 11. The van der Waals surface area contributed by atoms with Gasteiger partial charge in [-0.25, -0.2) is 10.4 Å². The number of hydrogen-bond donors (Lipinski definition) is 4. The standard InChI is InChI=1S/C26H34N10O2/c1-7-23(37)30-17-15-18(21(38-6)16-20(17)35(5)14-13-34(3)4)31-26-29-12-10-22(32-26)36-19-9-8-11-28-24(19)25(27-2)33-36/h7-12,15-16,25,27,33H,1,13-14H2,2-6H3,(H,30,37)(H,29,31,32). The molecule has 1 atom stereocenters. The van der Waals surface area contributed by atoms with E-state index >= 15 is 0 Å². The summed E-state index contributed by atoms with van der Waals surface area (Å²) in [6.45, 7) is 5.16. The fourth-order valence-corrected chi connectivity index (χ4v) is 4.03. The summed E-state index contributed by atoms with van der Waals surface area (Å²) in [5.41, 5.74) is 7.15. The third-order valence-corrected chi connectivity index (χ3v) is 6.05. The van der Waals surface area contributed by atoms with Gasteiger partial charge in [-0.1, -0.05) is 6.58 Å². The van der Waals surface area contributed by atoms with Gasteiger partial charge in [0.25, 0.3) is 0 Å². The lowest BCUT2D eigenvalue weighted by Gasteiger charge is -2.26. The topological polar surface area (TPSA) is 123 Å². The van der Waals surface area contributed by atoms with Crippen LogP contribution in [0.2, 0.25) is 0 Å². The molecule has 0 spiro atoms. The average molecular weight is 519 g/mol. The molecule has 0 fully saturated rings. The van der Waals surface area contributed by atoms with Crippen LogP contribution in [-0.4, -0.2) is 74.1 Å². The van der Waals surface area contributed by atoms with Gasteiger partial charge in [0, 0.05) is 44.7 Å². The molecule has 4 N–H and O–H groups in total. The second-order valence-corrected chi connectivity index (χ2v) is 8.95. The van der Waals surface area contributed by atoms with Gasteiger partial charge in [-0.05, 0) is 45.4 Å². The van der Waals surface area contributed by atoms with Gasteiger partial charge >= 0.3 is 0 Å². The van der Waals surface area contributed by atoms with Crippen LogP contribution < -0.4 is 36.0 Å². The molecule has 0 aliphatic carbocycles. The molecule has 200 valence electrons. The Bertz CT molecular complexity index is 1300. The third-order valence-electron chi connectivity index (χ3n) is 6.05. The van der Waals surface area contributed by atoms with Crippen molar-refractivity contribution in [3.05, 3.63) is 61.1 Å². The second kappa shape index (κ2) is 11.9. The first-order valence-corrected chi connectivity index (χ1v) is 12.1. The van der Waals surface area contributed by atoms with Crippen LogP contribution in [0.4, 0.5) is 34.5 Å². The van der Waals surface area contributed by atoms with Crippen LogP contribution >= 0.6 is 0 Å². The largest absolute Gasteiger partial charge is 0.494 e. The Morgan fingerprint density at radius 1 is 1.18 bits per heavy atom. The maximum Gasteiger partial charge on any atom is 0.247 e. The quantitative estimate of drug-likeness (QED) is 0.280. The van der Waals surface area contributed by atoms with Gasteiger partial charge < -0.3 is 25.2 Å². The molecule has 38 heavy (non-hydrogen) atoms. The van der Waals surface area contributed by atoms with Crippen LogP contribution in [0.15, 0.2) is 55.4 Å². The SMILES string of the molecule is C=CC(=O)Nc1cc(Nc2nccc(N3NC(NC)c4ncccc43)n2)c(OC)cc1N(C)CCN(C)C. The second-order valence-electron chi connectivity index (χ2n) is 8.95. The number of ether oxygens (including phenoxy) is 1. The van der Waals surface area contributed by atoms with Gasteiger partial charge in [0.15, 0.2) is 5.82 Å². The number of methoxy groups -OCH3 is 1. The number of pyridine rings is 1. The van der Waals surface area contributed by atoms with Crippen molar-refractivity contribution in [2.24, 2.45) is 0 Å². The molecule has 3 heterocycles. The zero-order valence-corrected chi connectivity index (χ0v) is 22.3. The monoisotopic (exact) mass is 518 g/mol. The summed E-state index contributed by atoms with van der Waals surface area (Å²) in [7, 11) is 9.46. The van der Waals surface area contributed by atoms with Crippen molar-refractivity contribution in [1.29, 1.82) is 0 Å². The van der Waals surface area contributed by atoms with Crippen molar-refractivity contribution in [2.75, 3.05) is 68.9 Å². The van der Waals surface area contributed by atoms with Crippen molar-refractivity contribution in [2.45, 2.75) is 6.17 Å². The summed E-state index contributed by atoms with van der Waals surface area (Å²) in [6, 6.07) is 9.35. The van der Waals surface area contributed by atoms with Crippen LogP contribution in [0.3, 0.4) is 0 Å². The molecule has 1 unspecified atom stereocenters. The van der Waals surface area contributed by atoms with Gasteiger partial charge in [-0.15, -0.1) is 0 Å². The summed E-state index contributed by atoms with van der Waals surface area (Å²) in [5, 5.41) is 11.2. The molecule has 1 aromatic carbocycles. The molecule has 4 rings (SSSR count). The summed E-state index contributed by atoms with van der Waals surface area (Å²) in [6.07, 6.45) is 4.52. The van der Waals surface area contributed by atoms with E-state index in [0.717, 1.165) is 30.2 Å². The normalized spacial score (nSPS) is 14.3. The number of amides is 1. The van der Waals surface area contributed by atoms with E-state index in [1.807, 2.05) is 63.5 Å². The van der Waals surface area contributed by atoms with E-state index in [1.165, 1.54) is 6.08 Å². The van der Waals surface area contributed by atoms with Gasteiger partial charge in [-0.2, -0.15) is 4.98 Å². The first kappa shape index (κ1) is 26.8. The van der Waals surface area contributed by atoms with Crippen molar-refractivity contribution in [1.82, 2.24) is 30.6 Å². The van der Waals surface area contributed by atoms with E-state index in [0.29, 0.717) is 28.9 Å². The Kier molecular flexibility index (Phi) is 8.36. The number of fused-ring (bicyclic) bond motifs is 1. The van der Waals surface area contributed by atoms with Crippen LogP contribution in [-0.2, 0) is 4.79 Å². The Labute approximate surface area is 222 Å². The van der Waals surface area contributed by atoms with E-state index in [4.69, 9.17) is 9.72 Å². The Morgan fingerprint density at radius 3 is 2.71 bits per heavy atom. The number of aromatic nitrogens is 3. The summed E-state index contributed by atoms with van der Waals surface area (Å²) >= 11 is 0. The summed E-state index contributed by atoms with van der Waals surface area (Å²) in [5.74, 6) is 1.25. The highest BCUT2D eigenvalue weighted by atomic mass is 16.5. The Hall–Kier alpha value is -4.26. The van der Waals surface area contributed by atoms with Crippen LogP contribution in [0.25, 0.3) is 0 Å². The maximum atomic E-state index is 12.2. The Balaban J connectivity index is 1.66. The lowest BCUT2D eigenvalue weighted by molar-refractivity contribution is -0.111. The Morgan fingerprint density at radius 2 is 2.00 bits per heavy atom. The lowest BCUT2D eigenvalue weighted by Crippen LogP contribution is -2.36. The highest BCUT2D eigenvalue weighted by Crippen LogP contribution is 2.38. The van der Waals surface area contributed by atoms with E-state index in [-0.39, 0.29) is 12.1 Å². The smallest absolute Gasteiger partial charge is 0.247 e. The van der Waals surface area contributed by atoms with Crippen LogP contribution in [0.5, 0.6) is 5.75 Å². The summed E-state index contributed by atoms with van der Waals surface area (Å²) < 4.78 is 5.70. The van der Waals surface area contributed by atoms with E-state index < -0.39 is 0 Å². The van der Waals surface area contributed by atoms with Crippen LogP contribution in [0.1, 0.15) is 11.9 Å². The molecule has 1 aliphatic heterocycles. The number of hydrogen-bond acceptors (Lipinski definition) is 11. The fourth-order valence-electron chi connectivity index (χ4n) is 4.03. The zero-order chi connectivity index (χ0) is 27.2. The first-order chi connectivity index (χ1) is 18.3. The van der Waals surface area contributed by atoms with Gasteiger partial charge in [-0.3, -0.25) is 20.1 Å². The molecule has 0 bridgehead atoms.